The Hall–Kier alpha value is -5.35. The van der Waals surface area contributed by atoms with E-state index in [-0.39, 0.29) is 10.8 Å². The second kappa shape index (κ2) is 11.7. The summed E-state index contributed by atoms with van der Waals surface area (Å²) in [6, 6.07) is 46.9. The third kappa shape index (κ3) is 5.65. The van der Waals surface area contributed by atoms with Crippen molar-refractivity contribution in [2.24, 2.45) is 0 Å². The van der Waals surface area contributed by atoms with Gasteiger partial charge in [0.25, 0.3) is 0 Å². The molecule has 0 fully saturated rings. The molecule has 0 unspecified atom stereocenters. The van der Waals surface area contributed by atoms with E-state index in [1.54, 1.807) is 0 Å². The monoisotopic (exact) mass is 640 g/mol. The maximum Gasteiger partial charge on any atom is 0.137 e. The van der Waals surface area contributed by atoms with Crippen molar-refractivity contribution in [1.29, 1.82) is 0 Å². The van der Waals surface area contributed by atoms with Crippen LogP contribution in [0.1, 0.15) is 63.8 Å². The van der Waals surface area contributed by atoms with Crippen LogP contribution >= 0.6 is 0 Å². The highest BCUT2D eigenvalue weighted by molar-refractivity contribution is 6.09. The average Bonchev–Trinajstić information content (AvgIpc) is 3.64. The van der Waals surface area contributed by atoms with Crippen molar-refractivity contribution < 1.29 is 0 Å². The molecule has 49 heavy (non-hydrogen) atoms. The third-order valence-corrected chi connectivity index (χ3v) is 10.0. The zero-order valence-corrected chi connectivity index (χ0v) is 29.4. The summed E-state index contributed by atoms with van der Waals surface area (Å²) in [6.45, 7) is 14.3. The maximum atomic E-state index is 4.88. The Morgan fingerprint density at radius 3 is 1.92 bits per heavy atom. The second-order valence-electron chi connectivity index (χ2n) is 15.5. The second-order valence-corrected chi connectivity index (χ2v) is 15.5. The molecule has 1 aliphatic rings. The van der Waals surface area contributed by atoms with E-state index >= 15 is 0 Å². The highest BCUT2D eigenvalue weighted by Gasteiger charge is 2.28. The van der Waals surface area contributed by atoms with Gasteiger partial charge in [-0.25, -0.2) is 4.98 Å². The molecule has 0 saturated heterocycles. The fourth-order valence-corrected chi connectivity index (χ4v) is 7.25. The lowest BCUT2D eigenvalue weighted by Crippen LogP contribution is -2.24. The summed E-state index contributed by atoms with van der Waals surface area (Å²) in [6.07, 6.45) is 2.79. The smallest absolute Gasteiger partial charge is 0.137 e. The van der Waals surface area contributed by atoms with Gasteiger partial charge in [0.05, 0.1) is 22.4 Å². The van der Waals surface area contributed by atoms with Crippen LogP contribution in [-0.2, 0) is 17.3 Å². The van der Waals surface area contributed by atoms with Gasteiger partial charge in [0.2, 0.25) is 0 Å². The summed E-state index contributed by atoms with van der Waals surface area (Å²) < 4.78 is 2.34. The minimum absolute atomic E-state index is 0.0381. The number of benzene rings is 5. The highest BCUT2D eigenvalue weighted by Crippen LogP contribution is 2.44. The van der Waals surface area contributed by atoms with Crippen LogP contribution in [0.4, 0.5) is 22.7 Å². The summed E-state index contributed by atoms with van der Waals surface area (Å²) in [4.78, 5) is 9.74. The Bertz CT molecular complexity index is 2310. The standard InChI is InChI=1S/C45H44N4/c1-44(2,3)33-19-21-35(22-20-33)47-30-48(41-17-10-9-16-40(41)47)36-13-11-12-31(27-36)26-32-18-23-38-37-14-7-8-15-39(37)49(42(38)28-32)43-29-34(24-25-46-43)45(4,5)6/h7-25,27-29H,26,30H2,1-6H3. The number of rotatable bonds is 5. The van der Waals surface area contributed by atoms with Gasteiger partial charge in [-0.3, -0.25) is 4.57 Å². The van der Waals surface area contributed by atoms with Crippen molar-refractivity contribution in [2.75, 3.05) is 16.5 Å². The van der Waals surface area contributed by atoms with E-state index in [0.29, 0.717) is 0 Å². The predicted molar refractivity (Wildman–Crippen MR) is 207 cm³/mol. The number of para-hydroxylation sites is 3. The first kappa shape index (κ1) is 31.0. The van der Waals surface area contributed by atoms with Gasteiger partial charge in [0.1, 0.15) is 12.5 Å². The predicted octanol–water partition coefficient (Wildman–Crippen LogP) is 11.6. The summed E-state index contributed by atoms with van der Waals surface area (Å²) in [5.74, 6) is 0.961. The molecule has 0 spiro atoms. The lowest BCUT2D eigenvalue weighted by molar-refractivity contribution is 0.588. The van der Waals surface area contributed by atoms with Crippen molar-refractivity contribution in [3.05, 3.63) is 156 Å². The minimum atomic E-state index is 0.0381. The van der Waals surface area contributed by atoms with Gasteiger partial charge in [-0.05, 0) is 100 Å². The zero-order chi connectivity index (χ0) is 33.9. The fraction of sp³-hybridized carbons (Fsp3) is 0.222. The summed E-state index contributed by atoms with van der Waals surface area (Å²) in [5, 5.41) is 2.50. The average molecular weight is 641 g/mol. The van der Waals surface area contributed by atoms with Crippen LogP contribution in [0.2, 0.25) is 0 Å². The van der Waals surface area contributed by atoms with Crippen LogP contribution in [-0.4, -0.2) is 16.2 Å². The van der Waals surface area contributed by atoms with Gasteiger partial charge < -0.3 is 9.80 Å². The first-order chi connectivity index (χ1) is 23.5. The summed E-state index contributed by atoms with van der Waals surface area (Å²) >= 11 is 0. The van der Waals surface area contributed by atoms with Crippen LogP contribution < -0.4 is 9.80 Å². The van der Waals surface area contributed by atoms with Gasteiger partial charge in [0, 0.05) is 28.3 Å². The molecule has 1 aliphatic heterocycles. The highest BCUT2D eigenvalue weighted by atomic mass is 15.4. The van der Waals surface area contributed by atoms with E-state index in [0.717, 1.165) is 18.9 Å². The van der Waals surface area contributed by atoms with Gasteiger partial charge in [-0.2, -0.15) is 0 Å². The van der Waals surface area contributed by atoms with Crippen LogP contribution in [0, 0.1) is 0 Å². The maximum absolute atomic E-state index is 4.88. The van der Waals surface area contributed by atoms with Crippen molar-refractivity contribution in [2.45, 2.75) is 58.8 Å². The molecule has 8 rings (SSSR count). The van der Waals surface area contributed by atoms with Gasteiger partial charge >= 0.3 is 0 Å². The van der Waals surface area contributed by atoms with E-state index in [2.05, 4.69) is 183 Å². The quantitative estimate of drug-likeness (QED) is 0.187. The lowest BCUT2D eigenvalue weighted by atomic mass is 9.87. The summed E-state index contributed by atoms with van der Waals surface area (Å²) in [7, 11) is 0. The third-order valence-electron chi connectivity index (χ3n) is 10.0. The normalized spacial score (nSPS) is 13.4. The molecule has 0 N–H and O–H groups in total. The van der Waals surface area contributed by atoms with Crippen molar-refractivity contribution in [3.63, 3.8) is 0 Å². The SMILES string of the molecule is CC(C)(C)c1ccc(N2CN(c3cccc(Cc4ccc5c6ccccc6n(-c6cc(C(C)(C)C)ccn6)c5c4)c3)c3ccccc32)cc1. The van der Waals surface area contributed by atoms with E-state index in [1.807, 2.05) is 6.20 Å². The molecular formula is C45H44N4. The minimum Gasteiger partial charge on any atom is -0.321 e. The fourth-order valence-electron chi connectivity index (χ4n) is 7.25. The Balaban J connectivity index is 1.13. The molecule has 3 heterocycles. The van der Waals surface area contributed by atoms with E-state index in [4.69, 9.17) is 4.98 Å². The molecule has 0 atom stereocenters. The van der Waals surface area contributed by atoms with Crippen LogP contribution in [0.25, 0.3) is 27.6 Å². The molecule has 5 aromatic carbocycles. The topological polar surface area (TPSA) is 24.3 Å². The molecule has 7 aromatic rings. The first-order valence-corrected chi connectivity index (χ1v) is 17.4. The number of fused-ring (bicyclic) bond motifs is 4. The van der Waals surface area contributed by atoms with Gasteiger partial charge in [-0.15, -0.1) is 0 Å². The van der Waals surface area contributed by atoms with Crippen molar-refractivity contribution in [3.8, 4) is 5.82 Å². The molecule has 4 heteroatoms. The first-order valence-electron chi connectivity index (χ1n) is 17.4. The van der Waals surface area contributed by atoms with Crippen molar-refractivity contribution in [1.82, 2.24) is 9.55 Å². The number of pyridine rings is 1. The largest absolute Gasteiger partial charge is 0.321 e. The van der Waals surface area contributed by atoms with Crippen molar-refractivity contribution >= 4 is 44.6 Å². The molecule has 0 bridgehead atoms. The van der Waals surface area contributed by atoms with Crippen LogP contribution in [0.3, 0.4) is 0 Å². The van der Waals surface area contributed by atoms with E-state index < -0.39 is 0 Å². The Morgan fingerprint density at radius 2 is 1.18 bits per heavy atom. The van der Waals surface area contributed by atoms with E-state index in [1.165, 1.54) is 66.8 Å². The van der Waals surface area contributed by atoms with Crippen LogP contribution in [0.5, 0.6) is 0 Å². The van der Waals surface area contributed by atoms with Crippen LogP contribution in [0.15, 0.2) is 134 Å². The molecule has 0 radical (unpaired) electrons. The molecule has 2 aromatic heterocycles. The molecule has 0 saturated carbocycles. The molecule has 244 valence electrons. The Labute approximate surface area is 290 Å². The molecule has 0 amide bonds. The summed E-state index contributed by atoms with van der Waals surface area (Å²) in [5.41, 5.74) is 12.6. The lowest BCUT2D eigenvalue weighted by Gasteiger charge is -2.24. The molecular weight excluding hydrogens is 597 g/mol. The Kier molecular flexibility index (Phi) is 7.37. The number of aromatic nitrogens is 2. The number of anilines is 4. The Morgan fingerprint density at radius 1 is 0.531 bits per heavy atom. The van der Waals surface area contributed by atoms with Gasteiger partial charge in [-0.1, -0.05) is 108 Å². The number of hydrogen-bond acceptors (Lipinski definition) is 3. The number of nitrogens with zero attached hydrogens (tertiary/aromatic N) is 4. The molecule has 4 nitrogen and oxygen atoms in total. The molecule has 0 aliphatic carbocycles. The van der Waals surface area contributed by atoms with E-state index in [9.17, 15) is 0 Å². The van der Waals surface area contributed by atoms with Gasteiger partial charge in [0.15, 0.2) is 0 Å². The number of hydrogen-bond donors (Lipinski definition) is 0. The zero-order valence-electron chi connectivity index (χ0n) is 29.4.